The number of carbonyl (C=O) groups is 1. The molecule has 0 heterocycles. The molecule has 1 aromatic rings. The summed E-state index contributed by atoms with van der Waals surface area (Å²) in [6.45, 7) is 0.791. The summed E-state index contributed by atoms with van der Waals surface area (Å²) < 4.78 is 64.1. The molecule has 0 spiro atoms. The number of halogens is 3. The first-order chi connectivity index (χ1) is 8.55. The number of rotatable bonds is 4. The molecule has 1 unspecified atom stereocenters. The normalized spacial score (nSPS) is 13.9. The van der Waals surface area contributed by atoms with Crippen molar-refractivity contribution < 1.29 is 31.1 Å². The fourth-order valence-corrected chi connectivity index (χ4v) is 1.87. The molecule has 1 rings (SSSR count). The van der Waals surface area contributed by atoms with E-state index < -0.39 is 22.1 Å². The summed E-state index contributed by atoms with van der Waals surface area (Å²) in [5.74, 6) is -0.313. The van der Waals surface area contributed by atoms with Crippen LogP contribution in [-0.4, -0.2) is 33.2 Å². The van der Waals surface area contributed by atoms with Gasteiger partial charge in [-0.2, -0.15) is 13.2 Å². The summed E-state index contributed by atoms with van der Waals surface area (Å²) in [6.07, 6.45) is -5.51. The zero-order valence-electron chi connectivity index (χ0n) is 10.1. The zero-order chi connectivity index (χ0) is 14.8. The van der Waals surface area contributed by atoms with Crippen molar-refractivity contribution in [2.45, 2.75) is 24.1 Å². The SMILES string of the molecule is CC(Oc1ccc(S(C)(=O)=O)cc1C=O)C(F)(F)F. The molecule has 8 heteroatoms. The summed E-state index contributed by atoms with van der Waals surface area (Å²) in [4.78, 5) is 10.6. The molecular weight excluding hydrogens is 285 g/mol. The van der Waals surface area contributed by atoms with Gasteiger partial charge in [0, 0.05) is 6.26 Å². The number of alkyl halides is 3. The highest BCUT2D eigenvalue weighted by Gasteiger charge is 2.38. The molecule has 1 atom stereocenters. The van der Waals surface area contributed by atoms with Crippen LogP contribution in [0.4, 0.5) is 13.2 Å². The molecule has 4 nitrogen and oxygen atoms in total. The van der Waals surface area contributed by atoms with Crippen molar-refractivity contribution in [1.82, 2.24) is 0 Å². The van der Waals surface area contributed by atoms with Gasteiger partial charge >= 0.3 is 6.18 Å². The monoisotopic (exact) mass is 296 g/mol. The van der Waals surface area contributed by atoms with Crippen LogP contribution in [0.25, 0.3) is 0 Å². The molecule has 0 aliphatic rings. The molecule has 0 N–H and O–H groups in total. The van der Waals surface area contributed by atoms with Gasteiger partial charge in [0.1, 0.15) is 5.75 Å². The molecule has 0 aliphatic heterocycles. The first kappa shape index (κ1) is 15.5. The molecule has 1 aromatic carbocycles. The molecule has 19 heavy (non-hydrogen) atoms. The maximum atomic E-state index is 12.3. The van der Waals surface area contributed by atoms with Crippen LogP contribution in [0.5, 0.6) is 5.75 Å². The minimum Gasteiger partial charge on any atom is -0.480 e. The van der Waals surface area contributed by atoms with E-state index >= 15 is 0 Å². The van der Waals surface area contributed by atoms with Gasteiger partial charge in [0.05, 0.1) is 10.5 Å². The molecular formula is C11H11F3O4S. The first-order valence-corrected chi connectivity index (χ1v) is 6.97. The van der Waals surface area contributed by atoms with Crippen LogP contribution < -0.4 is 4.74 Å². The third kappa shape index (κ3) is 3.95. The van der Waals surface area contributed by atoms with E-state index in [9.17, 15) is 26.4 Å². The fourth-order valence-electron chi connectivity index (χ4n) is 1.21. The van der Waals surface area contributed by atoms with E-state index in [1.807, 2.05) is 0 Å². The van der Waals surface area contributed by atoms with Gasteiger partial charge in [0.25, 0.3) is 0 Å². The van der Waals surface area contributed by atoms with Crippen LogP contribution in [0, 0.1) is 0 Å². The lowest BCUT2D eigenvalue weighted by Gasteiger charge is -2.18. The Kier molecular flexibility index (Phi) is 4.24. The van der Waals surface area contributed by atoms with Crippen LogP contribution in [0.15, 0.2) is 23.1 Å². The first-order valence-electron chi connectivity index (χ1n) is 5.08. The van der Waals surface area contributed by atoms with E-state index in [-0.39, 0.29) is 22.5 Å². The Bertz CT molecular complexity index is 578. The minimum atomic E-state index is -4.57. The van der Waals surface area contributed by atoms with E-state index in [0.29, 0.717) is 0 Å². The van der Waals surface area contributed by atoms with Gasteiger partial charge in [-0.15, -0.1) is 0 Å². The standard InChI is InChI=1S/C11H11F3O4S/c1-7(11(12,13)14)18-10-4-3-9(19(2,16)17)5-8(10)6-15/h3-7H,1-2H3. The average molecular weight is 296 g/mol. The summed E-state index contributed by atoms with van der Waals surface area (Å²) in [5.41, 5.74) is -0.251. The summed E-state index contributed by atoms with van der Waals surface area (Å²) in [5, 5.41) is 0. The maximum Gasteiger partial charge on any atom is 0.425 e. The van der Waals surface area contributed by atoms with E-state index in [4.69, 9.17) is 0 Å². The highest BCUT2D eigenvalue weighted by Crippen LogP contribution is 2.28. The number of ether oxygens (including phenoxy) is 1. The number of hydrogen-bond acceptors (Lipinski definition) is 4. The van der Waals surface area contributed by atoms with Crippen LogP contribution in [0.3, 0.4) is 0 Å². The minimum absolute atomic E-state index is 0.165. The van der Waals surface area contributed by atoms with Crippen molar-refractivity contribution in [3.05, 3.63) is 23.8 Å². The van der Waals surface area contributed by atoms with Crippen molar-refractivity contribution in [3.63, 3.8) is 0 Å². The molecule has 106 valence electrons. The number of carbonyl (C=O) groups excluding carboxylic acids is 1. The van der Waals surface area contributed by atoms with Crippen molar-refractivity contribution in [1.29, 1.82) is 0 Å². The molecule has 0 aromatic heterocycles. The Hall–Kier alpha value is -1.57. The largest absolute Gasteiger partial charge is 0.480 e. The van der Waals surface area contributed by atoms with Crippen molar-refractivity contribution in [2.75, 3.05) is 6.26 Å². The third-order valence-electron chi connectivity index (χ3n) is 2.30. The van der Waals surface area contributed by atoms with Crippen LogP contribution in [-0.2, 0) is 9.84 Å². The number of benzene rings is 1. The van der Waals surface area contributed by atoms with Gasteiger partial charge in [0.15, 0.2) is 22.2 Å². The zero-order valence-corrected chi connectivity index (χ0v) is 10.9. The Balaban J connectivity index is 3.14. The molecule has 0 aliphatic carbocycles. The fraction of sp³-hybridized carbons (Fsp3) is 0.364. The number of hydrogen-bond donors (Lipinski definition) is 0. The third-order valence-corrected chi connectivity index (χ3v) is 3.41. The van der Waals surface area contributed by atoms with Crippen LogP contribution in [0.2, 0.25) is 0 Å². The van der Waals surface area contributed by atoms with Gasteiger partial charge in [-0.25, -0.2) is 8.42 Å². The topological polar surface area (TPSA) is 60.4 Å². The quantitative estimate of drug-likeness (QED) is 0.799. The summed E-state index contributed by atoms with van der Waals surface area (Å²) in [6, 6.07) is 3.09. The molecule has 0 fully saturated rings. The summed E-state index contributed by atoms with van der Waals surface area (Å²) >= 11 is 0. The average Bonchev–Trinajstić information content (AvgIpc) is 2.26. The lowest BCUT2D eigenvalue weighted by atomic mass is 10.2. The highest BCUT2D eigenvalue weighted by molar-refractivity contribution is 7.90. The maximum absolute atomic E-state index is 12.3. The molecule has 0 amide bonds. The van der Waals surface area contributed by atoms with Crippen LogP contribution in [0.1, 0.15) is 17.3 Å². The van der Waals surface area contributed by atoms with E-state index in [1.165, 1.54) is 0 Å². The second-order valence-corrected chi connectivity index (χ2v) is 5.91. The van der Waals surface area contributed by atoms with E-state index in [0.717, 1.165) is 31.4 Å². The van der Waals surface area contributed by atoms with Crippen molar-refractivity contribution >= 4 is 16.1 Å². The Labute approximate surface area is 108 Å². The van der Waals surface area contributed by atoms with E-state index in [1.54, 1.807) is 0 Å². The van der Waals surface area contributed by atoms with Gasteiger partial charge in [0.2, 0.25) is 0 Å². The predicted molar refractivity (Wildman–Crippen MR) is 61.1 cm³/mol. The predicted octanol–water partition coefficient (Wildman–Crippen LogP) is 2.23. The molecule has 0 saturated carbocycles. The molecule has 0 radical (unpaired) electrons. The van der Waals surface area contributed by atoms with E-state index in [2.05, 4.69) is 4.74 Å². The number of aldehydes is 1. The van der Waals surface area contributed by atoms with Gasteiger partial charge in [-0.05, 0) is 25.1 Å². The Morgan fingerprint density at radius 3 is 2.32 bits per heavy atom. The lowest BCUT2D eigenvalue weighted by Crippen LogP contribution is -2.31. The number of sulfone groups is 1. The highest BCUT2D eigenvalue weighted by atomic mass is 32.2. The van der Waals surface area contributed by atoms with Gasteiger partial charge in [-0.3, -0.25) is 4.79 Å². The Morgan fingerprint density at radius 1 is 1.32 bits per heavy atom. The smallest absolute Gasteiger partial charge is 0.425 e. The second-order valence-electron chi connectivity index (χ2n) is 3.89. The van der Waals surface area contributed by atoms with Gasteiger partial charge in [-0.1, -0.05) is 0 Å². The molecule has 0 saturated heterocycles. The lowest BCUT2D eigenvalue weighted by molar-refractivity contribution is -0.189. The Morgan fingerprint density at radius 2 is 1.89 bits per heavy atom. The van der Waals surface area contributed by atoms with Crippen molar-refractivity contribution in [2.24, 2.45) is 0 Å². The molecule has 0 bridgehead atoms. The summed E-state index contributed by atoms with van der Waals surface area (Å²) in [7, 11) is -3.55. The van der Waals surface area contributed by atoms with Crippen molar-refractivity contribution in [3.8, 4) is 5.75 Å². The van der Waals surface area contributed by atoms with Gasteiger partial charge < -0.3 is 4.74 Å². The van der Waals surface area contributed by atoms with Crippen LogP contribution >= 0.6 is 0 Å². The second kappa shape index (κ2) is 5.20.